The van der Waals surface area contributed by atoms with E-state index in [1.165, 1.54) is 0 Å². The maximum atomic E-state index is 11.4. The molecular weight excluding hydrogens is 206 g/mol. The van der Waals surface area contributed by atoms with Crippen molar-refractivity contribution in [1.29, 1.82) is 0 Å². The average molecular weight is 229 g/mol. The number of hydrogen-bond acceptors (Lipinski definition) is 2. The second-order valence-electron chi connectivity index (χ2n) is 5.91. The van der Waals surface area contributed by atoms with Crippen LogP contribution in [0.5, 0.6) is 0 Å². The molecule has 0 radical (unpaired) electrons. The summed E-state index contributed by atoms with van der Waals surface area (Å²) >= 11 is 1.67. The summed E-state index contributed by atoms with van der Waals surface area (Å²) in [6, 6.07) is 0. The number of hydrogen-bond donors (Lipinski definition) is 1. The van der Waals surface area contributed by atoms with Crippen LogP contribution in [0, 0.1) is 5.41 Å². The maximum Gasteiger partial charge on any atom is 0.244 e. The highest BCUT2D eigenvalue weighted by Gasteiger charge is 2.11. The first-order valence-electron chi connectivity index (χ1n) is 5.20. The molecule has 15 heavy (non-hydrogen) atoms. The Hall–Kier alpha value is -0.440. The fourth-order valence-electron chi connectivity index (χ4n) is 0.819. The predicted octanol–water partition coefficient (Wildman–Crippen LogP) is 3.19. The smallest absolute Gasteiger partial charge is 0.244 e. The van der Waals surface area contributed by atoms with Gasteiger partial charge < -0.3 is 5.32 Å². The third-order valence-electron chi connectivity index (χ3n) is 1.33. The summed E-state index contributed by atoms with van der Waals surface area (Å²) in [6.45, 7) is 12.5. The SMILES string of the molecule is CC(C)(C)CS/C=C/C(=O)NC(C)(C)C. The fourth-order valence-corrected chi connectivity index (χ4v) is 1.64. The van der Waals surface area contributed by atoms with Crippen LogP contribution in [0.3, 0.4) is 0 Å². The van der Waals surface area contributed by atoms with Gasteiger partial charge in [0.05, 0.1) is 0 Å². The van der Waals surface area contributed by atoms with E-state index in [1.807, 2.05) is 26.2 Å². The van der Waals surface area contributed by atoms with Crippen molar-refractivity contribution in [2.75, 3.05) is 5.75 Å². The number of carbonyl (C=O) groups excluding carboxylic acids is 1. The molecule has 0 aliphatic rings. The van der Waals surface area contributed by atoms with E-state index in [9.17, 15) is 4.79 Å². The highest BCUT2D eigenvalue weighted by molar-refractivity contribution is 8.02. The summed E-state index contributed by atoms with van der Waals surface area (Å²) in [4.78, 5) is 11.4. The first-order valence-corrected chi connectivity index (χ1v) is 6.25. The van der Waals surface area contributed by atoms with Crippen LogP contribution < -0.4 is 5.32 Å². The van der Waals surface area contributed by atoms with Gasteiger partial charge in [-0.05, 0) is 31.6 Å². The molecule has 2 nitrogen and oxygen atoms in total. The van der Waals surface area contributed by atoms with Gasteiger partial charge in [0.1, 0.15) is 0 Å². The number of nitrogens with one attached hydrogen (secondary N) is 1. The molecule has 0 saturated heterocycles. The third kappa shape index (κ3) is 11.5. The lowest BCUT2D eigenvalue weighted by molar-refractivity contribution is -0.117. The Kier molecular flexibility index (Phi) is 5.43. The lowest BCUT2D eigenvalue weighted by Crippen LogP contribution is -2.39. The molecule has 0 aromatic heterocycles. The number of amides is 1. The number of rotatable bonds is 3. The number of carbonyl (C=O) groups is 1. The minimum atomic E-state index is -0.157. The van der Waals surface area contributed by atoms with Gasteiger partial charge in [-0.15, -0.1) is 11.8 Å². The van der Waals surface area contributed by atoms with Crippen molar-refractivity contribution in [3.8, 4) is 0 Å². The Morgan fingerprint density at radius 2 is 1.73 bits per heavy atom. The summed E-state index contributed by atoms with van der Waals surface area (Å²) in [7, 11) is 0. The molecule has 0 heterocycles. The lowest BCUT2D eigenvalue weighted by Gasteiger charge is -2.19. The monoisotopic (exact) mass is 229 g/mol. The summed E-state index contributed by atoms with van der Waals surface area (Å²) < 4.78 is 0. The Bertz CT molecular complexity index is 233. The van der Waals surface area contributed by atoms with E-state index in [-0.39, 0.29) is 11.4 Å². The van der Waals surface area contributed by atoms with Crippen molar-refractivity contribution in [2.45, 2.75) is 47.1 Å². The zero-order valence-corrected chi connectivity index (χ0v) is 11.5. The highest BCUT2D eigenvalue weighted by atomic mass is 32.2. The number of thioether (sulfide) groups is 1. The van der Waals surface area contributed by atoms with Crippen LogP contribution >= 0.6 is 11.8 Å². The van der Waals surface area contributed by atoms with Crippen molar-refractivity contribution in [1.82, 2.24) is 5.32 Å². The summed E-state index contributed by atoms with van der Waals surface area (Å²) in [5.74, 6) is 0.996. The molecule has 0 unspecified atom stereocenters. The van der Waals surface area contributed by atoms with Gasteiger partial charge in [-0.25, -0.2) is 0 Å². The van der Waals surface area contributed by atoms with Crippen LogP contribution in [0.15, 0.2) is 11.5 Å². The third-order valence-corrected chi connectivity index (χ3v) is 2.69. The standard InChI is InChI=1S/C12H23NOS/c1-11(2,3)9-15-8-7-10(14)13-12(4,5)6/h7-8H,9H2,1-6H3,(H,13,14)/b8-7+. The quantitative estimate of drug-likeness (QED) is 0.753. The van der Waals surface area contributed by atoms with E-state index in [0.29, 0.717) is 5.41 Å². The van der Waals surface area contributed by atoms with Gasteiger partial charge in [-0.1, -0.05) is 20.8 Å². The van der Waals surface area contributed by atoms with Gasteiger partial charge >= 0.3 is 0 Å². The summed E-state index contributed by atoms with van der Waals surface area (Å²) in [5.41, 5.74) is 0.144. The topological polar surface area (TPSA) is 29.1 Å². The van der Waals surface area contributed by atoms with Gasteiger partial charge in [0.25, 0.3) is 0 Å². The first-order chi connectivity index (χ1) is 6.60. The van der Waals surface area contributed by atoms with Crippen molar-refractivity contribution >= 4 is 17.7 Å². The molecule has 0 aliphatic heterocycles. The minimum absolute atomic E-state index is 0.0242. The highest BCUT2D eigenvalue weighted by Crippen LogP contribution is 2.20. The van der Waals surface area contributed by atoms with Gasteiger partial charge in [-0.3, -0.25) is 4.79 Å². The molecule has 0 fully saturated rings. The van der Waals surface area contributed by atoms with Gasteiger partial charge in [0, 0.05) is 17.4 Å². The Labute approximate surface area is 97.9 Å². The van der Waals surface area contributed by atoms with Gasteiger partial charge in [0.15, 0.2) is 0 Å². The van der Waals surface area contributed by atoms with Crippen LogP contribution in [-0.4, -0.2) is 17.2 Å². The Morgan fingerprint density at radius 3 is 2.13 bits per heavy atom. The molecule has 3 heteroatoms. The van der Waals surface area contributed by atoms with Crippen molar-refractivity contribution in [2.24, 2.45) is 5.41 Å². The minimum Gasteiger partial charge on any atom is -0.348 e. The molecule has 0 bridgehead atoms. The molecule has 0 atom stereocenters. The normalized spacial score (nSPS) is 13.2. The van der Waals surface area contributed by atoms with E-state index in [0.717, 1.165) is 5.75 Å². The predicted molar refractivity (Wildman–Crippen MR) is 68.9 cm³/mol. The van der Waals surface area contributed by atoms with Crippen molar-refractivity contribution in [3.63, 3.8) is 0 Å². The largest absolute Gasteiger partial charge is 0.348 e. The van der Waals surface area contributed by atoms with Crippen LogP contribution in [0.2, 0.25) is 0 Å². The van der Waals surface area contributed by atoms with E-state index < -0.39 is 0 Å². The van der Waals surface area contributed by atoms with Gasteiger partial charge in [0.2, 0.25) is 5.91 Å². The van der Waals surface area contributed by atoms with E-state index >= 15 is 0 Å². The van der Waals surface area contributed by atoms with Crippen molar-refractivity contribution in [3.05, 3.63) is 11.5 Å². The van der Waals surface area contributed by atoms with E-state index in [4.69, 9.17) is 0 Å². The molecule has 0 aromatic carbocycles. The fraction of sp³-hybridized carbons (Fsp3) is 0.750. The molecule has 0 aromatic rings. The first kappa shape index (κ1) is 14.6. The van der Waals surface area contributed by atoms with Crippen LogP contribution in [0.1, 0.15) is 41.5 Å². The second-order valence-corrected chi connectivity index (χ2v) is 6.81. The molecule has 1 amide bonds. The molecule has 0 spiro atoms. The van der Waals surface area contributed by atoms with Crippen LogP contribution in [0.4, 0.5) is 0 Å². The Morgan fingerprint density at radius 1 is 1.20 bits per heavy atom. The maximum absolute atomic E-state index is 11.4. The van der Waals surface area contributed by atoms with Crippen LogP contribution in [0.25, 0.3) is 0 Å². The molecule has 0 aliphatic carbocycles. The average Bonchev–Trinajstić information content (AvgIpc) is 1.92. The van der Waals surface area contributed by atoms with Crippen molar-refractivity contribution < 1.29 is 4.79 Å². The zero-order chi connectivity index (χ0) is 12.1. The second kappa shape index (κ2) is 5.59. The lowest BCUT2D eigenvalue weighted by atomic mass is 10.0. The molecule has 88 valence electrons. The zero-order valence-electron chi connectivity index (χ0n) is 10.7. The summed E-state index contributed by atoms with van der Waals surface area (Å²) in [6.07, 6.45) is 1.60. The van der Waals surface area contributed by atoms with Crippen LogP contribution in [-0.2, 0) is 4.79 Å². The molecule has 1 N–H and O–H groups in total. The van der Waals surface area contributed by atoms with Gasteiger partial charge in [-0.2, -0.15) is 0 Å². The molecule has 0 rings (SSSR count). The summed E-state index contributed by atoms with van der Waals surface area (Å²) in [5, 5.41) is 4.75. The molecular formula is C12H23NOS. The van der Waals surface area contributed by atoms with E-state index in [2.05, 4.69) is 26.1 Å². The van der Waals surface area contributed by atoms with E-state index in [1.54, 1.807) is 17.8 Å². The Balaban J connectivity index is 3.84. The molecule has 0 saturated carbocycles.